The van der Waals surface area contributed by atoms with Crippen LogP contribution in [0, 0.1) is 5.41 Å². The fourth-order valence-corrected chi connectivity index (χ4v) is 3.16. The lowest BCUT2D eigenvalue weighted by atomic mass is 9.92. The maximum atomic E-state index is 13.0. The smallest absolute Gasteiger partial charge is 0.324 e. The third kappa shape index (κ3) is 6.04. The summed E-state index contributed by atoms with van der Waals surface area (Å²) in [6, 6.07) is 9.39. The van der Waals surface area contributed by atoms with Gasteiger partial charge in [0.25, 0.3) is 0 Å². The molecule has 2 rings (SSSR count). The lowest BCUT2D eigenvalue weighted by Crippen LogP contribution is -2.64. The number of nitrogens with one attached hydrogen (secondary N) is 3. The Hall–Kier alpha value is -1.92. The molecule has 0 saturated carbocycles. The number of ether oxygens (including phenoxy) is 2. The second-order valence-corrected chi connectivity index (χ2v) is 7.82. The van der Waals surface area contributed by atoms with Crippen molar-refractivity contribution in [3.8, 4) is 0 Å². The fraction of sp³-hybridized carbons (Fsp3) is 0.619. The summed E-state index contributed by atoms with van der Waals surface area (Å²) in [5, 5.41) is 14.0. The molecule has 0 radical (unpaired) electrons. The Labute approximate surface area is 162 Å². The molecule has 1 aliphatic rings. The van der Waals surface area contributed by atoms with Crippen molar-refractivity contribution in [1.29, 1.82) is 5.41 Å². The molecule has 150 valence electrons. The minimum atomic E-state index is -0.697. The SMILES string of the molecule is CCC1(N[C@@H](CCCNC(C)=N)C(=O)OC(C)(C)c2ccccc2)COC1. The Balaban J connectivity index is 2.03. The standard InChI is InChI=1S/C21H33N3O3/c1-5-21(14-26-15-21)24-18(12-9-13-23-16(2)22)19(25)27-20(3,4)17-10-7-6-8-11-17/h6-8,10-11,18,24H,5,9,12-15H2,1-4H3,(H2,22,23)/t18-/m0/s1. The van der Waals surface area contributed by atoms with Crippen LogP contribution < -0.4 is 10.6 Å². The van der Waals surface area contributed by atoms with Gasteiger partial charge in [-0.15, -0.1) is 0 Å². The molecule has 1 atom stereocenters. The average molecular weight is 376 g/mol. The molecular formula is C21H33N3O3. The largest absolute Gasteiger partial charge is 0.454 e. The van der Waals surface area contributed by atoms with E-state index >= 15 is 0 Å². The van der Waals surface area contributed by atoms with Crippen LogP contribution in [-0.2, 0) is 19.9 Å². The summed E-state index contributed by atoms with van der Waals surface area (Å²) in [7, 11) is 0. The van der Waals surface area contributed by atoms with Gasteiger partial charge in [0.2, 0.25) is 0 Å². The van der Waals surface area contributed by atoms with E-state index in [2.05, 4.69) is 17.6 Å². The van der Waals surface area contributed by atoms with Crippen LogP contribution in [0.5, 0.6) is 0 Å². The monoisotopic (exact) mass is 375 g/mol. The molecule has 0 bridgehead atoms. The molecule has 1 aliphatic heterocycles. The number of amidine groups is 1. The number of carbonyl (C=O) groups is 1. The molecule has 0 unspecified atom stereocenters. The van der Waals surface area contributed by atoms with Crippen molar-refractivity contribution in [2.45, 2.75) is 64.1 Å². The highest BCUT2D eigenvalue weighted by Crippen LogP contribution is 2.27. The molecule has 1 saturated heterocycles. The van der Waals surface area contributed by atoms with Crippen molar-refractivity contribution < 1.29 is 14.3 Å². The minimum absolute atomic E-state index is 0.147. The van der Waals surface area contributed by atoms with E-state index in [1.165, 1.54) is 0 Å². The normalized spacial score (nSPS) is 16.9. The van der Waals surface area contributed by atoms with Gasteiger partial charge in [-0.2, -0.15) is 0 Å². The fourth-order valence-electron chi connectivity index (χ4n) is 3.16. The summed E-state index contributed by atoms with van der Waals surface area (Å²) in [6.45, 7) is 9.55. The van der Waals surface area contributed by atoms with Crippen molar-refractivity contribution in [3.05, 3.63) is 35.9 Å². The Morgan fingerprint density at radius 3 is 2.52 bits per heavy atom. The van der Waals surface area contributed by atoms with Crippen molar-refractivity contribution >= 4 is 11.8 Å². The van der Waals surface area contributed by atoms with Gasteiger partial charge < -0.3 is 14.8 Å². The lowest BCUT2D eigenvalue weighted by molar-refractivity contribution is -0.163. The third-order valence-electron chi connectivity index (χ3n) is 5.08. The number of benzene rings is 1. The van der Waals surface area contributed by atoms with E-state index in [1.54, 1.807) is 6.92 Å². The Morgan fingerprint density at radius 2 is 2.00 bits per heavy atom. The van der Waals surface area contributed by atoms with Gasteiger partial charge in [0.1, 0.15) is 11.6 Å². The van der Waals surface area contributed by atoms with Crippen molar-refractivity contribution in [2.75, 3.05) is 19.8 Å². The summed E-state index contributed by atoms with van der Waals surface area (Å²) >= 11 is 0. The molecule has 6 heteroatoms. The highest BCUT2D eigenvalue weighted by atomic mass is 16.6. The highest BCUT2D eigenvalue weighted by Gasteiger charge is 2.41. The van der Waals surface area contributed by atoms with Gasteiger partial charge >= 0.3 is 5.97 Å². The van der Waals surface area contributed by atoms with Crippen LogP contribution in [0.2, 0.25) is 0 Å². The van der Waals surface area contributed by atoms with E-state index in [9.17, 15) is 4.79 Å². The topological polar surface area (TPSA) is 83.4 Å². The zero-order valence-electron chi connectivity index (χ0n) is 16.9. The lowest BCUT2D eigenvalue weighted by Gasteiger charge is -2.44. The number of hydrogen-bond acceptors (Lipinski definition) is 5. The molecule has 1 aromatic carbocycles. The quantitative estimate of drug-likeness (QED) is 0.253. The zero-order valence-corrected chi connectivity index (χ0v) is 16.9. The first kappa shape index (κ1) is 21.4. The van der Waals surface area contributed by atoms with Gasteiger partial charge in [0.05, 0.1) is 24.6 Å². The molecule has 0 amide bonds. The molecule has 27 heavy (non-hydrogen) atoms. The van der Waals surface area contributed by atoms with Gasteiger partial charge in [-0.05, 0) is 45.6 Å². The summed E-state index contributed by atoms with van der Waals surface area (Å²) in [5.74, 6) is 0.194. The van der Waals surface area contributed by atoms with Gasteiger partial charge in [0, 0.05) is 6.54 Å². The number of carbonyl (C=O) groups excluding carboxylic acids is 1. The summed E-state index contributed by atoms with van der Waals surface area (Å²) in [6.07, 6.45) is 2.32. The third-order valence-corrected chi connectivity index (χ3v) is 5.08. The van der Waals surface area contributed by atoms with Crippen LogP contribution >= 0.6 is 0 Å². The van der Waals surface area contributed by atoms with E-state index in [1.807, 2.05) is 44.2 Å². The van der Waals surface area contributed by atoms with Crippen molar-refractivity contribution in [1.82, 2.24) is 10.6 Å². The first-order valence-electron chi connectivity index (χ1n) is 9.71. The predicted molar refractivity (Wildman–Crippen MR) is 107 cm³/mol. The predicted octanol–water partition coefficient (Wildman–Crippen LogP) is 2.97. The van der Waals surface area contributed by atoms with Crippen LogP contribution in [0.1, 0.15) is 52.5 Å². The molecule has 0 aromatic heterocycles. The van der Waals surface area contributed by atoms with Crippen molar-refractivity contribution in [2.24, 2.45) is 0 Å². The van der Waals surface area contributed by atoms with Crippen molar-refractivity contribution in [3.63, 3.8) is 0 Å². The number of rotatable bonds is 10. The highest BCUT2D eigenvalue weighted by molar-refractivity contribution is 5.77. The van der Waals surface area contributed by atoms with Gasteiger partial charge in [0.15, 0.2) is 0 Å². The maximum Gasteiger partial charge on any atom is 0.324 e. The second-order valence-electron chi connectivity index (χ2n) is 7.82. The molecule has 1 aromatic rings. The molecule has 0 spiro atoms. The molecule has 3 N–H and O–H groups in total. The zero-order chi connectivity index (χ0) is 19.9. The van der Waals surface area contributed by atoms with Crippen LogP contribution in [0.4, 0.5) is 0 Å². The van der Waals surface area contributed by atoms with Crippen LogP contribution in [-0.4, -0.2) is 43.1 Å². The number of hydrogen-bond donors (Lipinski definition) is 3. The van der Waals surface area contributed by atoms with E-state index < -0.39 is 11.6 Å². The van der Waals surface area contributed by atoms with Gasteiger partial charge in [-0.25, -0.2) is 0 Å². The van der Waals surface area contributed by atoms with Crippen LogP contribution in [0.25, 0.3) is 0 Å². The van der Waals surface area contributed by atoms with E-state index in [-0.39, 0.29) is 11.5 Å². The van der Waals surface area contributed by atoms with Gasteiger partial charge in [-0.1, -0.05) is 37.3 Å². The summed E-state index contributed by atoms with van der Waals surface area (Å²) in [4.78, 5) is 13.0. The minimum Gasteiger partial charge on any atom is -0.454 e. The van der Waals surface area contributed by atoms with Crippen LogP contribution in [0.3, 0.4) is 0 Å². The first-order chi connectivity index (χ1) is 12.8. The molecule has 6 nitrogen and oxygen atoms in total. The second kappa shape index (κ2) is 9.33. The Morgan fingerprint density at radius 1 is 1.33 bits per heavy atom. The van der Waals surface area contributed by atoms with E-state index in [0.717, 1.165) is 18.4 Å². The molecule has 1 fully saturated rings. The van der Waals surface area contributed by atoms with Gasteiger partial charge in [-0.3, -0.25) is 15.5 Å². The first-order valence-corrected chi connectivity index (χ1v) is 9.71. The molecule has 0 aliphatic carbocycles. The Bertz CT molecular complexity index is 621. The average Bonchev–Trinajstić information content (AvgIpc) is 2.60. The molecular weight excluding hydrogens is 342 g/mol. The maximum absolute atomic E-state index is 13.0. The van der Waals surface area contributed by atoms with E-state index in [0.29, 0.717) is 32.0 Å². The Kier molecular flexibility index (Phi) is 7.39. The van der Waals surface area contributed by atoms with E-state index in [4.69, 9.17) is 14.9 Å². The molecule has 1 heterocycles. The number of esters is 1. The van der Waals surface area contributed by atoms with Crippen LogP contribution in [0.15, 0.2) is 30.3 Å². The summed E-state index contributed by atoms with van der Waals surface area (Å²) in [5.41, 5.74) is 0.124. The summed E-state index contributed by atoms with van der Waals surface area (Å²) < 4.78 is 11.3.